The molecule has 1 fully saturated rings. The zero-order valence-electron chi connectivity index (χ0n) is 9.49. The molecule has 86 valence electrons. The molecule has 1 aromatic heterocycles. The topological polar surface area (TPSA) is 54.0 Å². The number of nitrogens with zero attached hydrogens (tertiary/aromatic N) is 1. The van der Waals surface area contributed by atoms with Crippen molar-refractivity contribution in [3.8, 4) is 0 Å². The number of anilines is 1. The molecule has 1 heterocycles. The summed E-state index contributed by atoms with van der Waals surface area (Å²) in [4.78, 5) is 15.9. The Morgan fingerprint density at radius 1 is 1.56 bits per heavy atom. The van der Waals surface area contributed by atoms with E-state index in [1.807, 2.05) is 13.0 Å². The highest BCUT2D eigenvalue weighted by atomic mass is 16.1. The molecule has 0 atom stereocenters. The Balaban J connectivity index is 2.01. The molecule has 1 aromatic rings. The number of hydrogen-bond donors (Lipinski definition) is 2. The molecule has 1 amide bonds. The van der Waals surface area contributed by atoms with Crippen LogP contribution in [0.25, 0.3) is 0 Å². The molecular weight excluding hydrogens is 202 g/mol. The van der Waals surface area contributed by atoms with E-state index in [4.69, 9.17) is 0 Å². The molecule has 0 aromatic carbocycles. The molecule has 4 nitrogen and oxygen atoms in total. The Labute approximate surface area is 95.5 Å². The maximum absolute atomic E-state index is 11.9. The summed E-state index contributed by atoms with van der Waals surface area (Å²) in [5.74, 6) is 0.666. The van der Waals surface area contributed by atoms with E-state index in [9.17, 15) is 4.79 Å². The third-order valence-electron chi connectivity index (χ3n) is 2.68. The predicted octanol–water partition coefficient (Wildman–Crippen LogP) is 1.65. The second kappa shape index (κ2) is 4.96. The number of rotatable bonds is 5. The minimum atomic E-state index is -0.0315. The molecule has 0 bridgehead atoms. The normalized spacial score (nSPS) is 14.6. The van der Waals surface area contributed by atoms with Crippen LogP contribution in [0.3, 0.4) is 0 Å². The Morgan fingerprint density at radius 3 is 3.06 bits per heavy atom. The predicted molar refractivity (Wildman–Crippen MR) is 63.5 cm³/mol. The lowest BCUT2D eigenvalue weighted by Crippen LogP contribution is -2.26. The summed E-state index contributed by atoms with van der Waals surface area (Å²) in [5, 5.41) is 6.10. The Bertz CT molecular complexity index is 374. The van der Waals surface area contributed by atoms with Crippen molar-refractivity contribution < 1.29 is 4.79 Å². The number of aromatic nitrogens is 1. The van der Waals surface area contributed by atoms with Gasteiger partial charge in [-0.1, -0.05) is 0 Å². The minimum Gasteiger partial charge on any atom is -0.385 e. The van der Waals surface area contributed by atoms with Gasteiger partial charge in [-0.05, 0) is 31.7 Å². The van der Waals surface area contributed by atoms with Gasteiger partial charge in [0.2, 0.25) is 0 Å². The fourth-order valence-electron chi connectivity index (χ4n) is 1.57. The SMILES string of the molecule is CCNc1ccncc1C(=O)NCC1CC1. The van der Waals surface area contributed by atoms with Crippen LogP contribution in [0.4, 0.5) is 5.69 Å². The van der Waals surface area contributed by atoms with E-state index >= 15 is 0 Å². The van der Waals surface area contributed by atoms with Gasteiger partial charge >= 0.3 is 0 Å². The van der Waals surface area contributed by atoms with Gasteiger partial charge in [0.1, 0.15) is 0 Å². The highest BCUT2D eigenvalue weighted by Crippen LogP contribution is 2.27. The van der Waals surface area contributed by atoms with Gasteiger partial charge in [0.15, 0.2) is 0 Å². The molecule has 0 unspecified atom stereocenters. The van der Waals surface area contributed by atoms with Gasteiger partial charge in [-0.3, -0.25) is 9.78 Å². The Kier molecular flexibility index (Phi) is 3.39. The van der Waals surface area contributed by atoms with Gasteiger partial charge in [0, 0.05) is 25.5 Å². The minimum absolute atomic E-state index is 0.0315. The molecule has 0 radical (unpaired) electrons. The van der Waals surface area contributed by atoms with Gasteiger partial charge in [0.05, 0.1) is 11.3 Å². The maximum atomic E-state index is 11.9. The van der Waals surface area contributed by atoms with Gasteiger partial charge in [-0.25, -0.2) is 0 Å². The third kappa shape index (κ3) is 2.72. The van der Waals surface area contributed by atoms with Crippen LogP contribution < -0.4 is 10.6 Å². The molecular formula is C12H17N3O. The summed E-state index contributed by atoms with van der Waals surface area (Å²) < 4.78 is 0. The average Bonchev–Trinajstić information content (AvgIpc) is 3.11. The summed E-state index contributed by atoms with van der Waals surface area (Å²) in [6, 6.07) is 1.83. The molecule has 2 N–H and O–H groups in total. The summed E-state index contributed by atoms with van der Waals surface area (Å²) in [6.45, 7) is 3.60. The summed E-state index contributed by atoms with van der Waals surface area (Å²) >= 11 is 0. The van der Waals surface area contributed by atoms with Crippen molar-refractivity contribution in [2.45, 2.75) is 19.8 Å². The van der Waals surface area contributed by atoms with Crippen LogP contribution in [0, 0.1) is 5.92 Å². The van der Waals surface area contributed by atoms with E-state index < -0.39 is 0 Å². The molecule has 16 heavy (non-hydrogen) atoms. The van der Waals surface area contributed by atoms with Crippen molar-refractivity contribution in [1.29, 1.82) is 0 Å². The third-order valence-corrected chi connectivity index (χ3v) is 2.68. The lowest BCUT2D eigenvalue weighted by Gasteiger charge is -2.09. The first-order chi connectivity index (χ1) is 7.81. The molecule has 1 aliphatic rings. The van der Waals surface area contributed by atoms with Crippen molar-refractivity contribution in [3.05, 3.63) is 24.0 Å². The number of amides is 1. The van der Waals surface area contributed by atoms with Crippen LogP contribution in [-0.2, 0) is 0 Å². The lowest BCUT2D eigenvalue weighted by atomic mass is 10.2. The summed E-state index contributed by atoms with van der Waals surface area (Å²) in [5.41, 5.74) is 1.48. The molecule has 1 aliphatic carbocycles. The van der Waals surface area contributed by atoms with Gasteiger partial charge < -0.3 is 10.6 Å². The first-order valence-corrected chi connectivity index (χ1v) is 5.77. The van der Waals surface area contributed by atoms with Gasteiger partial charge in [-0.2, -0.15) is 0 Å². The molecule has 0 aliphatic heterocycles. The average molecular weight is 219 g/mol. The largest absolute Gasteiger partial charge is 0.385 e. The number of hydrogen-bond acceptors (Lipinski definition) is 3. The molecule has 2 rings (SSSR count). The standard InChI is InChI=1S/C12H17N3O/c1-2-14-11-5-6-13-8-10(11)12(16)15-7-9-3-4-9/h5-6,8-9H,2-4,7H2,1H3,(H,13,14)(H,15,16). The highest BCUT2D eigenvalue weighted by Gasteiger charge is 2.22. The van der Waals surface area contributed by atoms with Crippen LogP contribution in [0.5, 0.6) is 0 Å². The second-order valence-electron chi connectivity index (χ2n) is 4.10. The molecule has 4 heteroatoms. The van der Waals surface area contributed by atoms with Crippen LogP contribution in [0.2, 0.25) is 0 Å². The zero-order valence-corrected chi connectivity index (χ0v) is 9.49. The van der Waals surface area contributed by atoms with E-state index in [1.54, 1.807) is 12.4 Å². The first-order valence-electron chi connectivity index (χ1n) is 5.77. The zero-order chi connectivity index (χ0) is 11.4. The number of pyridine rings is 1. The Hall–Kier alpha value is -1.58. The van der Waals surface area contributed by atoms with Crippen LogP contribution in [-0.4, -0.2) is 24.0 Å². The fourth-order valence-corrected chi connectivity index (χ4v) is 1.57. The summed E-state index contributed by atoms with van der Waals surface area (Å²) in [7, 11) is 0. The number of nitrogens with one attached hydrogen (secondary N) is 2. The maximum Gasteiger partial charge on any atom is 0.254 e. The monoisotopic (exact) mass is 219 g/mol. The second-order valence-corrected chi connectivity index (χ2v) is 4.10. The van der Waals surface area contributed by atoms with E-state index in [2.05, 4.69) is 15.6 Å². The van der Waals surface area contributed by atoms with Crippen molar-refractivity contribution in [1.82, 2.24) is 10.3 Å². The van der Waals surface area contributed by atoms with Crippen molar-refractivity contribution >= 4 is 11.6 Å². The number of carbonyl (C=O) groups is 1. The van der Waals surface area contributed by atoms with Crippen molar-refractivity contribution in [2.75, 3.05) is 18.4 Å². The van der Waals surface area contributed by atoms with E-state index in [1.165, 1.54) is 12.8 Å². The van der Waals surface area contributed by atoms with E-state index in [0.29, 0.717) is 11.5 Å². The van der Waals surface area contributed by atoms with Crippen LogP contribution in [0.15, 0.2) is 18.5 Å². The smallest absolute Gasteiger partial charge is 0.254 e. The Morgan fingerprint density at radius 2 is 2.38 bits per heavy atom. The molecule has 0 saturated heterocycles. The lowest BCUT2D eigenvalue weighted by molar-refractivity contribution is 0.0952. The molecule has 1 saturated carbocycles. The summed E-state index contributed by atoms with van der Waals surface area (Å²) in [6.07, 6.45) is 5.79. The fraction of sp³-hybridized carbons (Fsp3) is 0.500. The first kappa shape index (κ1) is 10.9. The van der Waals surface area contributed by atoms with Gasteiger partial charge in [-0.15, -0.1) is 0 Å². The highest BCUT2D eigenvalue weighted by molar-refractivity contribution is 5.99. The van der Waals surface area contributed by atoms with Crippen molar-refractivity contribution in [2.24, 2.45) is 5.92 Å². The molecule has 0 spiro atoms. The van der Waals surface area contributed by atoms with Crippen LogP contribution in [0.1, 0.15) is 30.1 Å². The van der Waals surface area contributed by atoms with Crippen LogP contribution >= 0.6 is 0 Å². The van der Waals surface area contributed by atoms with E-state index in [-0.39, 0.29) is 5.91 Å². The number of carbonyl (C=O) groups excluding carboxylic acids is 1. The van der Waals surface area contributed by atoms with Crippen molar-refractivity contribution in [3.63, 3.8) is 0 Å². The quantitative estimate of drug-likeness (QED) is 0.791. The van der Waals surface area contributed by atoms with Gasteiger partial charge in [0.25, 0.3) is 5.91 Å². The van der Waals surface area contributed by atoms with E-state index in [0.717, 1.165) is 18.8 Å².